The van der Waals surface area contributed by atoms with E-state index in [1.54, 1.807) is 24.9 Å². The second-order valence-corrected chi connectivity index (χ2v) is 10.6. The van der Waals surface area contributed by atoms with E-state index in [9.17, 15) is 4.79 Å². The van der Waals surface area contributed by atoms with Crippen molar-refractivity contribution < 1.29 is 18.9 Å². The van der Waals surface area contributed by atoms with Crippen molar-refractivity contribution in [1.82, 2.24) is 14.5 Å². The molecule has 9 heteroatoms. The van der Waals surface area contributed by atoms with Crippen molar-refractivity contribution in [2.45, 2.75) is 32.3 Å². The molecule has 0 radical (unpaired) electrons. The van der Waals surface area contributed by atoms with E-state index in [0.29, 0.717) is 36.6 Å². The summed E-state index contributed by atoms with van der Waals surface area (Å²) in [4.78, 5) is 23.7. The number of piperidine rings is 1. The molecule has 1 fully saturated rings. The molecule has 0 unspecified atom stereocenters. The van der Waals surface area contributed by atoms with E-state index in [2.05, 4.69) is 16.0 Å². The summed E-state index contributed by atoms with van der Waals surface area (Å²) < 4.78 is 24.9. The molecule has 43 heavy (non-hydrogen) atoms. The van der Waals surface area contributed by atoms with Crippen LogP contribution in [0.5, 0.6) is 11.8 Å². The highest BCUT2D eigenvalue weighted by Gasteiger charge is 2.28. The molecule has 3 heterocycles. The van der Waals surface area contributed by atoms with Gasteiger partial charge in [0, 0.05) is 39.3 Å². The minimum absolute atomic E-state index is 0.208. The number of ether oxygens (including phenoxy) is 4. The molecule has 9 nitrogen and oxygen atoms in total. The Morgan fingerprint density at radius 1 is 0.791 bits per heavy atom. The van der Waals surface area contributed by atoms with Crippen LogP contribution < -0.4 is 20.1 Å². The van der Waals surface area contributed by atoms with Crippen molar-refractivity contribution in [1.29, 1.82) is 0 Å². The summed E-state index contributed by atoms with van der Waals surface area (Å²) in [5.41, 5.74) is 4.82. The molecule has 0 atom stereocenters. The lowest BCUT2D eigenvalue weighted by molar-refractivity contribution is -0.141. The van der Waals surface area contributed by atoms with E-state index in [1.165, 1.54) is 0 Å². The summed E-state index contributed by atoms with van der Waals surface area (Å²) in [5, 5.41) is 0. The van der Waals surface area contributed by atoms with Crippen LogP contribution in [-0.4, -0.2) is 48.1 Å². The van der Waals surface area contributed by atoms with Gasteiger partial charge in [-0.05, 0) is 42.2 Å². The van der Waals surface area contributed by atoms with Crippen LogP contribution in [0.25, 0.3) is 16.7 Å². The van der Waals surface area contributed by atoms with Crippen molar-refractivity contribution in [3.05, 3.63) is 113 Å². The number of nitrogens with one attached hydrogen (secondary N) is 1. The van der Waals surface area contributed by atoms with E-state index < -0.39 is 0 Å². The van der Waals surface area contributed by atoms with Gasteiger partial charge in [-0.25, -0.2) is 4.79 Å². The van der Waals surface area contributed by atoms with Gasteiger partial charge in [-0.15, -0.1) is 0 Å². The standard InChI is InChI=1S/C34H36N4O5/c1-40-33(41-2)26-18-20-37(21-19-26)27-14-9-15-28-31(27)36-34(39)38(28)29-16-17-30(42-22-24-10-5-3-6-11-24)35-32(29)43-23-25-12-7-4-8-13-25/h3-17,26,33H,18-23H2,1-2H3,(H,36,39). The molecule has 222 valence electrons. The van der Waals surface area contributed by atoms with Gasteiger partial charge in [-0.3, -0.25) is 4.57 Å². The van der Waals surface area contributed by atoms with Gasteiger partial charge in [0.25, 0.3) is 0 Å². The number of pyridine rings is 1. The first-order valence-corrected chi connectivity index (χ1v) is 14.5. The molecule has 6 rings (SSSR count). The Kier molecular flexibility index (Phi) is 8.72. The third kappa shape index (κ3) is 6.28. The minimum Gasteiger partial charge on any atom is -0.473 e. The second kappa shape index (κ2) is 13.1. The number of methoxy groups -OCH3 is 2. The number of fused-ring (bicyclic) bond motifs is 1. The molecule has 0 saturated carbocycles. The van der Waals surface area contributed by atoms with E-state index in [4.69, 9.17) is 23.9 Å². The number of para-hydroxylation sites is 1. The lowest BCUT2D eigenvalue weighted by Gasteiger charge is -2.36. The Bertz CT molecular complexity index is 1690. The average Bonchev–Trinajstić information content (AvgIpc) is 3.40. The topological polar surface area (TPSA) is 90.8 Å². The summed E-state index contributed by atoms with van der Waals surface area (Å²) in [5.74, 6) is 1.05. The van der Waals surface area contributed by atoms with Crippen molar-refractivity contribution >= 4 is 16.7 Å². The monoisotopic (exact) mass is 580 g/mol. The minimum atomic E-state index is -0.263. The summed E-state index contributed by atoms with van der Waals surface area (Å²) in [6, 6.07) is 29.4. The summed E-state index contributed by atoms with van der Waals surface area (Å²) in [6.45, 7) is 2.33. The normalized spacial score (nSPS) is 14.0. The molecular formula is C34H36N4O5. The van der Waals surface area contributed by atoms with Gasteiger partial charge in [-0.1, -0.05) is 66.7 Å². The third-order valence-electron chi connectivity index (χ3n) is 7.93. The molecule has 3 aromatic carbocycles. The summed E-state index contributed by atoms with van der Waals surface area (Å²) in [7, 11) is 3.37. The van der Waals surface area contributed by atoms with E-state index in [0.717, 1.165) is 53.8 Å². The number of rotatable bonds is 11. The first kappa shape index (κ1) is 28.5. The van der Waals surface area contributed by atoms with Gasteiger partial charge in [0.05, 0.1) is 16.7 Å². The highest BCUT2D eigenvalue weighted by molar-refractivity contribution is 5.90. The fourth-order valence-electron chi connectivity index (χ4n) is 5.74. The van der Waals surface area contributed by atoms with Crippen LogP contribution in [-0.2, 0) is 22.7 Å². The predicted molar refractivity (Wildman–Crippen MR) is 166 cm³/mol. The quantitative estimate of drug-likeness (QED) is 0.200. The SMILES string of the molecule is COC(OC)C1CCN(c2cccc3c2[nH]c(=O)n3-c2ccc(OCc3ccccc3)nc2OCc2ccccc2)CC1. The largest absolute Gasteiger partial charge is 0.473 e. The first-order valence-electron chi connectivity index (χ1n) is 14.5. The third-order valence-corrected chi connectivity index (χ3v) is 7.93. The Labute approximate surface area is 250 Å². The van der Waals surface area contributed by atoms with Crippen LogP contribution in [0.4, 0.5) is 5.69 Å². The zero-order chi connectivity index (χ0) is 29.6. The Hall–Kier alpha value is -4.60. The second-order valence-electron chi connectivity index (χ2n) is 10.6. The van der Waals surface area contributed by atoms with E-state index in [1.807, 2.05) is 78.9 Å². The highest BCUT2D eigenvalue weighted by atomic mass is 16.7. The van der Waals surface area contributed by atoms with Gasteiger partial charge in [0.2, 0.25) is 11.8 Å². The number of benzene rings is 3. The van der Waals surface area contributed by atoms with Crippen molar-refractivity contribution in [2.24, 2.45) is 5.92 Å². The van der Waals surface area contributed by atoms with Crippen LogP contribution in [0.2, 0.25) is 0 Å². The van der Waals surface area contributed by atoms with Gasteiger partial charge < -0.3 is 28.8 Å². The molecular weight excluding hydrogens is 544 g/mol. The van der Waals surface area contributed by atoms with Gasteiger partial charge in [0.1, 0.15) is 18.9 Å². The van der Waals surface area contributed by atoms with E-state index >= 15 is 0 Å². The van der Waals surface area contributed by atoms with Crippen LogP contribution in [0, 0.1) is 5.92 Å². The molecule has 1 N–H and O–H groups in total. The molecule has 0 bridgehead atoms. The zero-order valence-corrected chi connectivity index (χ0v) is 24.4. The number of aromatic nitrogens is 3. The number of aromatic amines is 1. The zero-order valence-electron chi connectivity index (χ0n) is 24.4. The molecule has 2 aromatic heterocycles. The average molecular weight is 581 g/mol. The molecule has 1 saturated heterocycles. The number of hydrogen-bond donors (Lipinski definition) is 1. The first-order chi connectivity index (χ1) is 21.1. The summed E-state index contributed by atoms with van der Waals surface area (Å²) in [6.07, 6.45) is 1.65. The lowest BCUT2D eigenvalue weighted by Crippen LogP contribution is -2.39. The van der Waals surface area contributed by atoms with Crippen LogP contribution in [0.3, 0.4) is 0 Å². The fourth-order valence-corrected chi connectivity index (χ4v) is 5.74. The van der Waals surface area contributed by atoms with Gasteiger partial charge in [-0.2, -0.15) is 4.98 Å². The highest BCUT2D eigenvalue weighted by Crippen LogP contribution is 2.33. The van der Waals surface area contributed by atoms with Crippen molar-refractivity contribution in [3.8, 4) is 17.4 Å². The molecule has 0 aliphatic carbocycles. The maximum absolute atomic E-state index is 13.6. The molecule has 0 amide bonds. The van der Waals surface area contributed by atoms with Crippen LogP contribution in [0.15, 0.2) is 95.8 Å². The Morgan fingerprint density at radius 2 is 1.44 bits per heavy atom. The molecule has 1 aliphatic heterocycles. The van der Waals surface area contributed by atoms with Gasteiger partial charge in [0.15, 0.2) is 6.29 Å². The van der Waals surface area contributed by atoms with E-state index in [-0.39, 0.29) is 12.0 Å². The van der Waals surface area contributed by atoms with Crippen molar-refractivity contribution in [2.75, 3.05) is 32.2 Å². The molecule has 0 spiro atoms. The number of H-pyrrole nitrogens is 1. The van der Waals surface area contributed by atoms with Crippen LogP contribution in [0.1, 0.15) is 24.0 Å². The number of anilines is 1. The predicted octanol–water partition coefficient (Wildman–Crippen LogP) is 5.71. The van der Waals surface area contributed by atoms with Gasteiger partial charge >= 0.3 is 5.69 Å². The summed E-state index contributed by atoms with van der Waals surface area (Å²) >= 11 is 0. The maximum atomic E-state index is 13.6. The maximum Gasteiger partial charge on any atom is 0.331 e. The Balaban J connectivity index is 1.32. The number of hydrogen-bond acceptors (Lipinski definition) is 7. The molecule has 5 aromatic rings. The smallest absolute Gasteiger partial charge is 0.331 e. The Morgan fingerprint density at radius 3 is 2.09 bits per heavy atom. The molecule has 1 aliphatic rings. The van der Waals surface area contributed by atoms with Crippen LogP contribution >= 0.6 is 0 Å². The lowest BCUT2D eigenvalue weighted by atomic mass is 9.95. The number of nitrogens with zero attached hydrogens (tertiary/aromatic N) is 3. The number of imidazole rings is 1. The van der Waals surface area contributed by atoms with Crippen molar-refractivity contribution in [3.63, 3.8) is 0 Å². The fraction of sp³-hybridized carbons (Fsp3) is 0.294.